The Labute approximate surface area is 110 Å². The van der Waals surface area contributed by atoms with Gasteiger partial charge in [-0.2, -0.15) is 0 Å². The van der Waals surface area contributed by atoms with E-state index in [0.717, 1.165) is 37.8 Å². The zero-order valence-corrected chi connectivity index (χ0v) is 10.5. The highest BCUT2D eigenvalue weighted by molar-refractivity contribution is 5.95. The topological polar surface area (TPSA) is 55.1 Å². The molecule has 3 N–H and O–H groups in total. The maximum atomic E-state index is 13.8. The Hall–Kier alpha value is -1.65. The predicted octanol–water partition coefficient (Wildman–Crippen LogP) is 2.47. The van der Waals surface area contributed by atoms with Gasteiger partial charge in [0.15, 0.2) is 5.82 Å². The van der Waals surface area contributed by atoms with E-state index in [1.807, 2.05) is 0 Å². The number of nitrogens with two attached hydrogens (primary N) is 1. The molecule has 0 spiro atoms. The number of anilines is 1. The van der Waals surface area contributed by atoms with Crippen LogP contribution in [-0.2, 0) is 0 Å². The van der Waals surface area contributed by atoms with E-state index in [4.69, 9.17) is 5.73 Å². The van der Waals surface area contributed by atoms with E-state index in [0.29, 0.717) is 11.8 Å². The van der Waals surface area contributed by atoms with Gasteiger partial charge in [-0.15, -0.1) is 0 Å². The number of hydrogen-bond acceptors (Lipinski definition) is 2. The molecule has 0 aliphatic heterocycles. The highest BCUT2D eigenvalue weighted by Gasteiger charge is 2.42. The van der Waals surface area contributed by atoms with Crippen molar-refractivity contribution in [2.45, 2.75) is 31.7 Å². The number of halogens is 2. The summed E-state index contributed by atoms with van der Waals surface area (Å²) < 4.78 is 27.0. The number of nitrogen functional groups attached to an aromatic ring is 1. The standard InChI is InChI=1S/C14H16F2N2O/c15-9-5-10(12(16)11(17)6-9)14(19)18-13(7-1-2-7)8-3-4-8/h5-8,13H,1-4,17H2,(H,18,19). The summed E-state index contributed by atoms with van der Waals surface area (Å²) >= 11 is 0. The van der Waals surface area contributed by atoms with Crippen molar-refractivity contribution in [2.24, 2.45) is 11.8 Å². The molecule has 1 aromatic rings. The molecular weight excluding hydrogens is 250 g/mol. The van der Waals surface area contributed by atoms with Gasteiger partial charge in [0.25, 0.3) is 5.91 Å². The molecule has 1 amide bonds. The van der Waals surface area contributed by atoms with E-state index >= 15 is 0 Å². The molecule has 1 aromatic carbocycles. The van der Waals surface area contributed by atoms with Crippen LogP contribution in [0.3, 0.4) is 0 Å². The van der Waals surface area contributed by atoms with Crippen molar-refractivity contribution in [3.05, 3.63) is 29.3 Å². The van der Waals surface area contributed by atoms with Gasteiger partial charge >= 0.3 is 0 Å². The van der Waals surface area contributed by atoms with Gasteiger partial charge in [0.05, 0.1) is 11.3 Å². The van der Waals surface area contributed by atoms with Gasteiger partial charge in [-0.05, 0) is 49.7 Å². The van der Waals surface area contributed by atoms with Crippen LogP contribution in [0.15, 0.2) is 12.1 Å². The molecule has 0 bridgehead atoms. The first kappa shape index (κ1) is 12.4. The van der Waals surface area contributed by atoms with Crippen molar-refractivity contribution in [3.63, 3.8) is 0 Å². The molecule has 3 rings (SSSR count). The molecule has 0 atom stereocenters. The molecule has 19 heavy (non-hydrogen) atoms. The number of rotatable bonds is 4. The van der Waals surface area contributed by atoms with Crippen LogP contribution in [0.1, 0.15) is 36.0 Å². The second-order valence-corrected chi connectivity index (χ2v) is 5.53. The van der Waals surface area contributed by atoms with E-state index in [-0.39, 0.29) is 17.3 Å². The van der Waals surface area contributed by atoms with Gasteiger partial charge in [0.2, 0.25) is 0 Å². The largest absolute Gasteiger partial charge is 0.396 e. The fourth-order valence-corrected chi connectivity index (χ4v) is 2.54. The van der Waals surface area contributed by atoms with Crippen LogP contribution in [0.5, 0.6) is 0 Å². The summed E-state index contributed by atoms with van der Waals surface area (Å²) in [6.45, 7) is 0. The summed E-state index contributed by atoms with van der Waals surface area (Å²) in [6, 6.07) is 1.89. The quantitative estimate of drug-likeness (QED) is 0.822. The van der Waals surface area contributed by atoms with Crippen molar-refractivity contribution in [1.29, 1.82) is 0 Å². The number of carbonyl (C=O) groups excluding carboxylic acids is 1. The first-order valence-corrected chi connectivity index (χ1v) is 6.61. The Morgan fingerprint density at radius 1 is 1.21 bits per heavy atom. The van der Waals surface area contributed by atoms with Crippen LogP contribution in [0.25, 0.3) is 0 Å². The van der Waals surface area contributed by atoms with Crippen molar-refractivity contribution < 1.29 is 13.6 Å². The van der Waals surface area contributed by atoms with E-state index in [9.17, 15) is 13.6 Å². The van der Waals surface area contributed by atoms with Crippen LogP contribution in [0.2, 0.25) is 0 Å². The fourth-order valence-electron chi connectivity index (χ4n) is 2.54. The van der Waals surface area contributed by atoms with Crippen LogP contribution in [0.4, 0.5) is 14.5 Å². The molecule has 0 unspecified atom stereocenters. The third kappa shape index (κ3) is 2.55. The Morgan fingerprint density at radius 2 is 1.79 bits per heavy atom. The van der Waals surface area contributed by atoms with Crippen molar-refractivity contribution >= 4 is 11.6 Å². The molecule has 0 saturated heterocycles. The van der Waals surface area contributed by atoms with Crippen molar-refractivity contribution in [1.82, 2.24) is 5.32 Å². The second-order valence-electron chi connectivity index (χ2n) is 5.53. The van der Waals surface area contributed by atoms with Gasteiger partial charge in [0, 0.05) is 6.04 Å². The molecular formula is C14H16F2N2O. The zero-order valence-electron chi connectivity index (χ0n) is 10.5. The van der Waals surface area contributed by atoms with E-state index in [1.165, 1.54) is 0 Å². The third-order valence-electron chi connectivity index (χ3n) is 3.87. The average Bonchev–Trinajstić information content (AvgIpc) is 3.23. The minimum atomic E-state index is -0.843. The monoisotopic (exact) mass is 266 g/mol. The third-order valence-corrected chi connectivity index (χ3v) is 3.87. The number of amides is 1. The smallest absolute Gasteiger partial charge is 0.254 e. The number of benzene rings is 1. The normalized spacial score (nSPS) is 18.7. The number of hydrogen-bond donors (Lipinski definition) is 2. The van der Waals surface area contributed by atoms with Gasteiger partial charge in [-0.3, -0.25) is 4.79 Å². The number of carbonyl (C=O) groups is 1. The molecule has 102 valence electrons. The first-order valence-electron chi connectivity index (χ1n) is 6.61. The van der Waals surface area contributed by atoms with E-state index < -0.39 is 17.5 Å². The average molecular weight is 266 g/mol. The minimum absolute atomic E-state index is 0.108. The molecule has 0 radical (unpaired) electrons. The molecule has 0 aromatic heterocycles. The Morgan fingerprint density at radius 3 is 2.32 bits per heavy atom. The lowest BCUT2D eigenvalue weighted by Gasteiger charge is -2.18. The molecule has 2 fully saturated rings. The lowest BCUT2D eigenvalue weighted by molar-refractivity contribution is 0.0922. The van der Waals surface area contributed by atoms with Gasteiger partial charge < -0.3 is 11.1 Å². The summed E-state index contributed by atoms with van der Waals surface area (Å²) in [6.07, 6.45) is 4.43. The highest BCUT2D eigenvalue weighted by Crippen LogP contribution is 2.44. The lowest BCUT2D eigenvalue weighted by atomic mass is 10.1. The first-order chi connectivity index (χ1) is 9.06. The summed E-state index contributed by atoms with van der Waals surface area (Å²) in [5, 5.41) is 2.85. The maximum Gasteiger partial charge on any atom is 0.254 e. The molecule has 2 aliphatic carbocycles. The van der Waals surface area contributed by atoms with Crippen LogP contribution < -0.4 is 11.1 Å². The number of nitrogens with one attached hydrogen (secondary N) is 1. The predicted molar refractivity (Wildman–Crippen MR) is 67.5 cm³/mol. The van der Waals surface area contributed by atoms with E-state index in [1.54, 1.807) is 0 Å². The van der Waals surface area contributed by atoms with Crippen LogP contribution in [0, 0.1) is 23.5 Å². The molecule has 5 heteroatoms. The minimum Gasteiger partial charge on any atom is -0.396 e. The Bertz CT molecular complexity index is 512. The highest BCUT2D eigenvalue weighted by atomic mass is 19.1. The Balaban J connectivity index is 1.79. The lowest BCUT2D eigenvalue weighted by Crippen LogP contribution is -2.38. The summed E-state index contributed by atoms with van der Waals surface area (Å²) in [4.78, 5) is 12.1. The van der Waals surface area contributed by atoms with Gasteiger partial charge in [-0.25, -0.2) is 8.78 Å². The van der Waals surface area contributed by atoms with Crippen molar-refractivity contribution in [3.8, 4) is 0 Å². The summed E-state index contributed by atoms with van der Waals surface area (Å²) in [5.41, 5.74) is 4.70. The van der Waals surface area contributed by atoms with Crippen LogP contribution in [-0.4, -0.2) is 11.9 Å². The molecule has 3 nitrogen and oxygen atoms in total. The molecule has 2 aliphatic rings. The van der Waals surface area contributed by atoms with Crippen molar-refractivity contribution in [2.75, 3.05) is 5.73 Å². The molecule has 0 heterocycles. The maximum absolute atomic E-state index is 13.8. The zero-order chi connectivity index (χ0) is 13.6. The van der Waals surface area contributed by atoms with Crippen LogP contribution >= 0.6 is 0 Å². The van der Waals surface area contributed by atoms with Gasteiger partial charge in [-0.1, -0.05) is 0 Å². The second kappa shape index (κ2) is 4.47. The summed E-state index contributed by atoms with van der Waals surface area (Å²) in [7, 11) is 0. The summed E-state index contributed by atoms with van der Waals surface area (Å²) in [5.74, 6) is -1.09. The fraction of sp³-hybridized carbons (Fsp3) is 0.500. The SMILES string of the molecule is Nc1cc(F)cc(C(=O)NC(C2CC2)C2CC2)c1F. The van der Waals surface area contributed by atoms with E-state index in [2.05, 4.69) is 5.32 Å². The molecule has 2 saturated carbocycles. The Kier molecular flexibility index (Phi) is 2.92. The van der Waals surface area contributed by atoms with Gasteiger partial charge in [0.1, 0.15) is 5.82 Å².